The Kier molecular flexibility index (Phi) is 6.14. The van der Waals surface area contributed by atoms with E-state index in [9.17, 15) is 4.79 Å². The molecule has 1 N–H and O–H groups in total. The van der Waals surface area contributed by atoms with Gasteiger partial charge in [-0.25, -0.2) is 0 Å². The fourth-order valence-electron chi connectivity index (χ4n) is 2.97. The van der Waals surface area contributed by atoms with Gasteiger partial charge in [0.05, 0.1) is 17.5 Å². The minimum atomic E-state index is -0.169. The molecule has 1 amide bonds. The number of nitrogens with zero attached hydrogens (tertiary/aromatic N) is 5. The second kappa shape index (κ2) is 9.32. The molecule has 0 spiro atoms. The van der Waals surface area contributed by atoms with Gasteiger partial charge in [-0.05, 0) is 43.3 Å². The molecular formula is C22H20N6OS. The van der Waals surface area contributed by atoms with Gasteiger partial charge in [-0.2, -0.15) is 0 Å². The monoisotopic (exact) mass is 416 g/mol. The van der Waals surface area contributed by atoms with E-state index in [1.54, 1.807) is 18.6 Å². The minimum Gasteiger partial charge on any atom is -0.347 e. The van der Waals surface area contributed by atoms with Crippen molar-refractivity contribution in [3.63, 3.8) is 0 Å². The maximum atomic E-state index is 12.5. The Hall–Kier alpha value is -3.52. The van der Waals surface area contributed by atoms with E-state index in [-0.39, 0.29) is 17.7 Å². The molecule has 1 unspecified atom stereocenters. The maximum absolute atomic E-state index is 12.5. The molecule has 0 saturated carbocycles. The number of rotatable bonds is 7. The van der Waals surface area contributed by atoms with Crippen LogP contribution in [0.15, 0.2) is 84.4 Å². The highest BCUT2D eigenvalue weighted by atomic mass is 32.2. The molecule has 1 aromatic carbocycles. The molecule has 0 fully saturated rings. The van der Waals surface area contributed by atoms with Crippen LogP contribution in [-0.4, -0.2) is 36.4 Å². The number of hydrogen-bond acceptors (Lipinski definition) is 6. The Morgan fingerprint density at radius 3 is 2.60 bits per heavy atom. The van der Waals surface area contributed by atoms with E-state index in [4.69, 9.17) is 0 Å². The van der Waals surface area contributed by atoms with Crippen LogP contribution in [0.2, 0.25) is 0 Å². The van der Waals surface area contributed by atoms with Crippen LogP contribution in [0.1, 0.15) is 18.7 Å². The van der Waals surface area contributed by atoms with E-state index in [2.05, 4.69) is 25.5 Å². The number of benzene rings is 1. The highest BCUT2D eigenvalue weighted by Crippen LogP contribution is 2.27. The smallest absolute Gasteiger partial charge is 0.231 e. The van der Waals surface area contributed by atoms with Crippen molar-refractivity contribution in [3.8, 4) is 17.1 Å². The molecule has 0 saturated heterocycles. The predicted octanol–water partition coefficient (Wildman–Crippen LogP) is 3.69. The predicted molar refractivity (Wildman–Crippen MR) is 116 cm³/mol. The molecule has 0 aliphatic heterocycles. The molecule has 150 valence electrons. The number of carbonyl (C=O) groups is 1. The summed E-state index contributed by atoms with van der Waals surface area (Å²) in [5.41, 5.74) is 2.60. The Labute approximate surface area is 178 Å². The SMILES string of the molecule is CC(NC(=O)CSc1nnc(-c2cccnc2)n1-c1ccccc1)c1ccccn1. The fourth-order valence-corrected chi connectivity index (χ4v) is 3.74. The Balaban J connectivity index is 1.53. The molecule has 0 bridgehead atoms. The number of thioether (sulfide) groups is 1. The first-order valence-electron chi connectivity index (χ1n) is 9.46. The second-order valence-corrected chi connectivity index (χ2v) is 7.49. The van der Waals surface area contributed by atoms with Gasteiger partial charge in [-0.3, -0.25) is 19.3 Å². The van der Waals surface area contributed by atoms with Crippen molar-refractivity contribution < 1.29 is 4.79 Å². The van der Waals surface area contributed by atoms with Gasteiger partial charge < -0.3 is 5.32 Å². The summed E-state index contributed by atoms with van der Waals surface area (Å²) in [5.74, 6) is 0.803. The molecule has 4 aromatic rings. The zero-order valence-electron chi connectivity index (χ0n) is 16.3. The molecule has 7 nitrogen and oxygen atoms in total. The van der Waals surface area contributed by atoms with E-state index in [0.29, 0.717) is 11.0 Å². The summed E-state index contributed by atoms with van der Waals surface area (Å²) in [5, 5.41) is 12.3. The molecule has 3 aromatic heterocycles. The van der Waals surface area contributed by atoms with Gasteiger partial charge in [-0.1, -0.05) is 36.0 Å². The van der Waals surface area contributed by atoms with Gasteiger partial charge in [0.15, 0.2) is 11.0 Å². The van der Waals surface area contributed by atoms with Crippen LogP contribution in [0.4, 0.5) is 0 Å². The summed E-state index contributed by atoms with van der Waals surface area (Å²) in [6, 6.07) is 19.1. The third kappa shape index (κ3) is 4.55. The van der Waals surface area contributed by atoms with E-state index < -0.39 is 0 Å². The van der Waals surface area contributed by atoms with Crippen LogP contribution >= 0.6 is 11.8 Å². The molecular weight excluding hydrogens is 396 g/mol. The summed E-state index contributed by atoms with van der Waals surface area (Å²) >= 11 is 1.34. The lowest BCUT2D eigenvalue weighted by atomic mass is 10.2. The summed E-state index contributed by atoms with van der Waals surface area (Å²) in [7, 11) is 0. The third-order valence-electron chi connectivity index (χ3n) is 4.41. The number of amides is 1. The van der Waals surface area contributed by atoms with Crippen LogP contribution in [0.5, 0.6) is 0 Å². The number of hydrogen-bond donors (Lipinski definition) is 1. The lowest BCUT2D eigenvalue weighted by Gasteiger charge is -2.13. The van der Waals surface area contributed by atoms with Crippen LogP contribution in [0.25, 0.3) is 17.1 Å². The van der Waals surface area contributed by atoms with Crippen LogP contribution in [0, 0.1) is 0 Å². The first kappa shape index (κ1) is 19.8. The number of nitrogens with one attached hydrogen (secondary N) is 1. The lowest BCUT2D eigenvalue weighted by Crippen LogP contribution is -2.28. The lowest BCUT2D eigenvalue weighted by molar-refractivity contribution is -0.119. The number of para-hydroxylation sites is 1. The minimum absolute atomic E-state index is 0.0938. The highest BCUT2D eigenvalue weighted by Gasteiger charge is 2.18. The maximum Gasteiger partial charge on any atom is 0.231 e. The van der Waals surface area contributed by atoms with Crippen molar-refractivity contribution in [1.29, 1.82) is 0 Å². The third-order valence-corrected chi connectivity index (χ3v) is 5.34. The quantitative estimate of drug-likeness (QED) is 0.463. The van der Waals surface area contributed by atoms with Crippen molar-refractivity contribution >= 4 is 17.7 Å². The second-order valence-electron chi connectivity index (χ2n) is 6.55. The normalized spacial score (nSPS) is 11.8. The van der Waals surface area contributed by atoms with Gasteiger partial charge in [0.25, 0.3) is 0 Å². The van der Waals surface area contributed by atoms with Gasteiger partial charge in [-0.15, -0.1) is 10.2 Å². The molecule has 0 radical (unpaired) electrons. The summed E-state index contributed by atoms with van der Waals surface area (Å²) in [4.78, 5) is 21.0. The zero-order chi connectivity index (χ0) is 20.8. The van der Waals surface area contributed by atoms with Crippen molar-refractivity contribution in [1.82, 2.24) is 30.0 Å². The number of aromatic nitrogens is 5. The van der Waals surface area contributed by atoms with Crippen LogP contribution < -0.4 is 5.32 Å². The van der Waals surface area contributed by atoms with Crippen molar-refractivity contribution in [3.05, 3.63) is 84.9 Å². The Bertz CT molecular complexity index is 1100. The molecule has 30 heavy (non-hydrogen) atoms. The van der Waals surface area contributed by atoms with E-state index in [0.717, 1.165) is 16.9 Å². The zero-order valence-corrected chi connectivity index (χ0v) is 17.2. The standard InChI is InChI=1S/C22H20N6OS/c1-16(19-11-5-6-13-24-19)25-20(29)15-30-22-27-26-21(17-8-7-12-23-14-17)28(22)18-9-3-2-4-10-18/h2-14,16H,15H2,1H3,(H,25,29). The van der Waals surface area contributed by atoms with Crippen molar-refractivity contribution in [2.45, 2.75) is 18.1 Å². The molecule has 3 heterocycles. The molecule has 8 heteroatoms. The average Bonchev–Trinajstić information content (AvgIpc) is 3.23. The molecule has 1 atom stereocenters. The molecule has 0 aliphatic carbocycles. The Morgan fingerprint density at radius 1 is 1.03 bits per heavy atom. The van der Waals surface area contributed by atoms with E-state index in [1.807, 2.05) is 72.2 Å². The fraction of sp³-hybridized carbons (Fsp3) is 0.136. The molecule has 4 rings (SSSR count). The average molecular weight is 417 g/mol. The highest BCUT2D eigenvalue weighted by molar-refractivity contribution is 7.99. The number of pyridine rings is 2. The van der Waals surface area contributed by atoms with E-state index >= 15 is 0 Å². The number of carbonyl (C=O) groups excluding carboxylic acids is 1. The van der Waals surface area contributed by atoms with Gasteiger partial charge in [0.1, 0.15) is 0 Å². The van der Waals surface area contributed by atoms with Gasteiger partial charge in [0, 0.05) is 29.8 Å². The van der Waals surface area contributed by atoms with E-state index in [1.165, 1.54) is 11.8 Å². The first-order chi connectivity index (χ1) is 14.7. The van der Waals surface area contributed by atoms with Crippen LogP contribution in [-0.2, 0) is 4.79 Å². The summed E-state index contributed by atoms with van der Waals surface area (Å²) in [6.45, 7) is 1.91. The van der Waals surface area contributed by atoms with Gasteiger partial charge in [0.2, 0.25) is 5.91 Å². The van der Waals surface area contributed by atoms with Crippen LogP contribution in [0.3, 0.4) is 0 Å². The largest absolute Gasteiger partial charge is 0.347 e. The Morgan fingerprint density at radius 2 is 1.87 bits per heavy atom. The van der Waals surface area contributed by atoms with Gasteiger partial charge >= 0.3 is 0 Å². The molecule has 0 aliphatic rings. The first-order valence-corrected chi connectivity index (χ1v) is 10.5. The van der Waals surface area contributed by atoms with Crippen molar-refractivity contribution in [2.24, 2.45) is 0 Å². The summed E-state index contributed by atoms with van der Waals surface area (Å²) < 4.78 is 1.94. The summed E-state index contributed by atoms with van der Waals surface area (Å²) in [6.07, 6.45) is 5.18. The van der Waals surface area contributed by atoms with Crippen molar-refractivity contribution in [2.75, 3.05) is 5.75 Å². The topological polar surface area (TPSA) is 85.6 Å².